The van der Waals surface area contributed by atoms with Crippen molar-refractivity contribution < 1.29 is 27.1 Å². The second-order valence-corrected chi connectivity index (χ2v) is 13.3. The summed E-state index contributed by atoms with van der Waals surface area (Å²) < 4.78 is 48.5. The zero-order valence-corrected chi connectivity index (χ0v) is 28.2. The van der Waals surface area contributed by atoms with Crippen LogP contribution in [0.3, 0.4) is 0 Å². The first-order valence-corrected chi connectivity index (χ1v) is 17.2. The molecular weight excluding hydrogens is 641 g/mol. The van der Waals surface area contributed by atoms with Crippen molar-refractivity contribution in [3.8, 4) is 5.75 Å². The van der Waals surface area contributed by atoms with Gasteiger partial charge in [-0.05, 0) is 86.0 Å². The van der Waals surface area contributed by atoms with Crippen LogP contribution < -0.4 is 14.4 Å². The monoisotopic (exact) mass is 679 g/mol. The SMILES string of the molecule is CCOc1ccc(N(CC(=O)N(Cc2ccccc2Cl)[C@@H](Cc2ccccc2)C(=O)N[C@@H](C)CC)S(=O)(=O)c2ccc(F)cc2)cc1. The molecule has 0 aliphatic rings. The Morgan fingerprint density at radius 3 is 2.15 bits per heavy atom. The minimum absolute atomic E-state index is 0.0579. The lowest BCUT2D eigenvalue weighted by molar-refractivity contribution is -0.140. The van der Waals surface area contributed by atoms with E-state index in [0.29, 0.717) is 29.4 Å². The normalized spacial score (nSPS) is 12.5. The van der Waals surface area contributed by atoms with Crippen molar-refractivity contribution in [2.24, 2.45) is 0 Å². The fourth-order valence-corrected chi connectivity index (χ4v) is 6.55. The van der Waals surface area contributed by atoms with E-state index in [1.807, 2.05) is 51.1 Å². The van der Waals surface area contributed by atoms with Crippen LogP contribution in [0, 0.1) is 5.82 Å². The molecule has 0 saturated carbocycles. The molecule has 4 aromatic carbocycles. The van der Waals surface area contributed by atoms with Crippen LogP contribution in [0.5, 0.6) is 5.75 Å². The van der Waals surface area contributed by atoms with E-state index >= 15 is 0 Å². The first-order chi connectivity index (χ1) is 22.5. The molecule has 0 aromatic heterocycles. The van der Waals surface area contributed by atoms with Crippen LogP contribution in [0.15, 0.2) is 108 Å². The van der Waals surface area contributed by atoms with Crippen LogP contribution in [0.4, 0.5) is 10.1 Å². The average molecular weight is 680 g/mol. The maximum atomic E-state index is 14.5. The Balaban J connectivity index is 1.81. The summed E-state index contributed by atoms with van der Waals surface area (Å²) in [5.74, 6) is -1.09. The number of hydrogen-bond acceptors (Lipinski definition) is 5. The maximum Gasteiger partial charge on any atom is 0.264 e. The zero-order valence-electron chi connectivity index (χ0n) is 26.6. The molecule has 0 radical (unpaired) electrons. The summed E-state index contributed by atoms with van der Waals surface area (Å²) in [6.45, 7) is 5.35. The van der Waals surface area contributed by atoms with Gasteiger partial charge in [0.1, 0.15) is 24.2 Å². The Hall–Kier alpha value is -4.41. The highest BCUT2D eigenvalue weighted by molar-refractivity contribution is 7.92. The number of carbonyl (C=O) groups excluding carboxylic acids is 2. The number of amides is 2. The van der Waals surface area contributed by atoms with Crippen molar-refractivity contribution in [3.05, 3.63) is 125 Å². The fraction of sp³-hybridized carbons (Fsp3) is 0.278. The number of ether oxygens (including phenoxy) is 1. The van der Waals surface area contributed by atoms with E-state index in [1.165, 1.54) is 17.0 Å². The molecule has 4 aromatic rings. The summed E-state index contributed by atoms with van der Waals surface area (Å²) in [5.41, 5.74) is 1.59. The van der Waals surface area contributed by atoms with Gasteiger partial charge >= 0.3 is 0 Å². The molecule has 0 aliphatic heterocycles. The maximum absolute atomic E-state index is 14.5. The fourth-order valence-electron chi connectivity index (χ4n) is 4.94. The minimum atomic E-state index is -4.38. The molecule has 8 nitrogen and oxygen atoms in total. The summed E-state index contributed by atoms with van der Waals surface area (Å²) >= 11 is 6.54. The van der Waals surface area contributed by atoms with Gasteiger partial charge in [0, 0.05) is 24.0 Å². The van der Waals surface area contributed by atoms with E-state index in [9.17, 15) is 22.4 Å². The number of halogens is 2. The number of nitrogens with one attached hydrogen (secondary N) is 1. The molecule has 0 spiro atoms. The number of rotatable bonds is 15. The highest BCUT2D eigenvalue weighted by Crippen LogP contribution is 2.28. The summed E-state index contributed by atoms with van der Waals surface area (Å²) in [6.07, 6.45) is 0.844. The van der Waals surface area contributed by atoms with E-state index < -0.39 is 34.3 Å². The number of sulfonamides is 1. The molecule has 0 aliphatic carbocycles. The van der Waals surface area contributed by atoms with Crippen LogP contribution in [-0.2, 0) is 32.6 Å². The van der Waals surface area contributed by atoms with Gasteiger partial charge in [0.05, 0.1) is 17.2 Å². The minimum Gasteiger partial charge on any atom is -0.494 e. The summed E-state index contributed by atoms with van der Waals surface area (Å²) in [7, 11) is -4.38. The number of anilines is 1. The lowest BCUT2D eigenvalue weighted by Gasteiger charge is -2.34. The van der Waals surface area contributed by atoms with Crippen LogP contribution in [0.2, 0.25) is 5.02 Å². The molecule has 0 unspecified atom stereocenters. The molecule has 2 amide bonds. The number of benzene rings is 4. The molecule has 2 atom stereocenters. The van der Waals surface area contributed by atoms with E-state index in [2.05, 4.69) is 5.32 Å². The third kappa shape index (κ3) is 9.33. The van der Waals surface area contributed by atoms with E-state index in [-0.39, 0.29) is 35.5 Å². The van der Waals surface area contributed by atoms with Crippen molar-refractivity contribution in [1.29, 1.82) is 0 Å². The first-order valence-electron chi connectivity index (χ1n) is 15.4. The van der Waals surface area contributed by atoms with Crippen molar-refractivity contribution in [2.75, 3.05) is 17.5 Å². The highest BCUT2D eigenvalue weighted by Gasteiger charge is 2.35. The number of nitrogens with zero attached hydrogens (tertiary/aromatic N) is 2. The first kappa shape index (κ1) is 35.4. The van der Waals surface area contributed by atoms with Crippen molar-refractivity contribution >= 4 is 39.1 Å². The van der Waals surface area contributed by atoms with Crippen LogP contribution >= 0.6 is 11.6 Å². The molecule has 11 heteroatoms. The third-order valence-corrected chi connectivity index (χ3v) is 9.84. The lowest BCUT2D eigenvalue weighted by atomic mass is 10.0. The van der Waals surface area contributed by atoms with Gasteiger partial charge in [-0.3, -0.25) is 13.9 Å². The van der Waals surface area contributed by atoms with Crippen molar-refractivity contribution in [3.63, 3.8) is 0 Å². The Morgan fingerprint density at radius 2 is 1.53 bits per heavy atom. The molecule has 0 heterocycles. The lowest BCUT2D eigenvalue weighted by Crippen LogP contribution is -2.54. The van der Waals surface area contributed by atoms with Gasteiger partial charge in [-0.2, -0.15) is 0 Å². The van der Waals surface area contributed by atoms with E-state index in [0.717, 1.165) is 34.1 Å². The van der Waals surface area contributed by atoms with Crippen LogP contribution in [0.25, 0.3) is 0 Å². The standard InChI is InChI=1S/C36H39ClFN3O5S/c1-4-26(3)39-36(43)34(23-27-11-7-6-8-12-27)40(24-28-13-9-10-14-33(28)37)35(42)25-41(30-17-19-31(20-18-30)46-5-2)47(44,45)32-21-15-29(38)16-22-32/h6-22,26,34H,4-5,23-25H2,1-3H3,(H,39,43)/t26-,34-/m0/s1. The molecule has 4 rings (SSSR count). The molecule has 248 valence electrons. The highest BCUT2D eigenvalue weighted by atomic mass is 35.5. The Morgan fingerprint density at radius 1 is 0.894 bits per heavy atom. The van der Waals surface area contributed by atoms with Gasteiger partial charge in [-0.15, -0.1) is 0 Å². The second-order valence-electron chi connectivity index (χ2n) is 11.0. The van der Waals surface area contributed by atoms with E-state index in [1.54, 1.807) is 36.4 Å². The summed E-state index contributed by atoms with van der Waals surface area (Å²) in [6, 6.07) is 25.8. The Bertz CT molecular complexity index is 1740. The largest absolute Gasteiger partial charge is 0.494 e. The number of hydrogen-bond donors (Lipinski definition) is 1. The quantitative estimate of drug-likeness (QED) is 0.152. The second kappa shape index (κ2) is 16.4. The predicted octanol–water partition coefficient (Wildman–Crippen LogP) is 6.63. The Kier molecular flexibility index (Phi) is 12.4. The van der Waals surface area contributed by atoms with Gasteiger partial charge in [-0.1, -0.05) is 67.1 Å². The average Bonchev–Trinajstić information content (AvgIpc) is 3.07. The van der Waals surface area contributed by atoms with Gasteiger partial charge < -0.3 is 15.0 Å². The Labute approximate surface area is 281 Å². The van der Waals surface area contributed by atoms with Crippen LogP contribution in [0.1, 0.15) is 38.3 Å². The number of carbonyl (C=O) groups is 2. The van der Waals surface area contributed by atoms with Gasteiger partial charge in [0.2, 0.25) is 11.8 Å². The zero-order chi connectivity index (χ0) is 34.0. The topological polar surface area (TPSA) is 96.0 Å². The van der Waals surface area contributed by atoms with Gasteiger partial charge in [0.15, 0.2) is 0 Å². The van der Waals surface area contributed by atoms with E-state index in [4.69, 9.17) is 16.3 Å². The molecule has 1 N–H and O–H groups in total. The predicted molar refractivity (Wildman–Crippen MR) is 182 cm³/mol. The third-order valence-electron chi connectivity index (χ3n) is 7.69. The molecule has 0 bridgehead atoms. The summed E-state index contributed by atoms with van der Waals surface area (Å²) in [4.78, 5) is 29.7. The van der Waals surface area contributed by atoms with Crippen LogP contribution in [-0.4, -0.2) is 50.4 Å². The van der Waals surface area contributed by atoms with Gasteiger partial charge in [-0.25, -0.2) is 12.8 Å². The van der Waals surface area contributed by atoms with Crippen molar-refractivity contribution in [1.82, 2.24) is 10.2 Å². The smallest absolute Gasteiger partial charge is 0.264 e. The molecule has 0 fully saturated rings. The van der Waals surface area contributed by atoms with Gasteiger partial charge in [0.25, 0.3) is 10.0 Å². The molecule has 47 heavy (non-hydrogen) atoms. The van der Waals surface area contributed by atoms with Crippen molar-refractivity contribution in [2.45, 2.75) is 57.1 Å². The summed E-state index contributed by atoms with van der Waals surface area (Å²) in [5, 5.41) is 3.40. The molecular formula is C36H39ClFN3O5S. The molecule has 0 saturated heterocycles.